The van der Waals surface area contributed by atoms with Crippen molar-refractivity contribution in [3.8, 4) is 0 Å². The summed E-state index contributed by atoms with van der Waals surface area (Å²) in [5, 5.41) is 15.0. The SMILES string of the molecule is CNC(=O)[C@@H]1CCN(Cc2cccc(C(=O)Nc3cccc(CO)c3C)c2)C1. The van der Waals surface area contributed by atoms with Gasteiger partial charge in [0.05, 0.1) is 12.5 Å². The lowest BCUT2D eigenvalue weighted by Gasteiger charge is -2.16. The molecule has 1 aliphatic rings. The van der Waals surface area contributed by atoms with Crippen LogP contribution in [-0.4, -0.2) is 42.0 Å². The number of benzene rings is 2. The highest BCUT2D eigenvalue weighted by molar-refractivity contribution is 6.04. The van der Waals surface area contributed by atoms with E-state index in [2.05, 4.69) is 15.5 Å². The number of anilines is 1. The van der Waals surface area contributed by atoms with Gasteiger partial charge in [-0.1, -0.05) is 24.3 Å². The molecule has 0 aliphatic carbocycles. The van der Waals surface area contributed by atoms with Gasteiger partial charge in [-0.2, -0.15) is 0 Å². The number of likely N-dealkylation sites (tertiary alicyclic amines) is 1. The van der Waals surface area contributed by atoms with Gasteiger partial charge in [-0.25, -0.2) is 0 Å². The van der Waals surface area contributed by atoms with E-state index < -0.39 is 0 Å². The summed E-state index contributed by atoms with van der Waals surface area (Å²) in [6.07, 6.45) is 0.861. The van der Waals surface area contributed by atoms with Gasteiger partial charge in [-0.05, 0) is 54.8 Å². The summed E-state index contributed by atoms with van der Waals surface area (Å²) < 4.78 is 0. The molecule has 1 atom stereocenters. The van der Waals surface area contributed by atoms with Gasteiger partial charge in [-0.15, -0.1) is 0 Å². The summed E-state index contributed by atoms with van der Waals surface area (Å²) in [5.74, 6) is -0.0425. The fraction of sp³-hybridized carbons (Fsp3) is 0.364. The van der Waals surface area contributed by atoms with Crippen molar-refractivity contribution in [2.45, 2.75) is 26.5 Å². The summed E-state index contributed by atoms with van der Waals surface area (Å²) in [7, 11) is 1.67. The Morgan fingerprint density at radius 1 is 1.21 bits per heavy atom. The Balaban J connectivity index is 1.66. The van der Waals surface area contributed by atoms with Gasteiger partial charge >= 0.3 is 0 Å². The normalized spacial score (nSPS) is 16.8. The van der Waals surface area contributed by atoms with Crippen LogP contribution < -0.4 is 10.6 Å². The molecule has 0 saturated carbocycles. The van der Waals surface area contributed by atoms with Crippen molar-refractivity contribution in [1.82, 2.24) is 10.2 Å². The van der Waals surface area contributed by atoms with Crippen LogP contribution in [0.25, 0.3) is 0 Å². The van der Waals surface area contributed by atoms with Crippen LogP contribution in [0.2, 0.25) is 0 Å². The Morgan fingerprint density at radius 3 is 2.75 bits per heavy atom. The van der Waals surface area contributed by atoms with Crippen LogP contribution in [0.15, 0.2) is 42.5 Å². The molecule has 2 amide bonds. The van der Waals surface area contributed by atoms with E-state index in [1.54, 1.807) is 13.1 Å². The predicted molar refractivity (Wildman–Crippen MR) is 109 cm³/mol. The summed E-state index contributed by atoms with van der Waals surface area (Å²) in [5.41, 5.74) is 4.01. The predicted octanol–water partition coefficient (Wildman–Crippen LogP) is 2.31. The van der Waals surface area contributed by atoms with Gasteiger partial charge in [-0.3, -0.25) is 14.5 Å². The number of rotatable bonds is 6. The van der Waals surface area contributed by atoms with Gasteiger partial charge < -0.3 is 15.7 Å². The fourth-order valence-corrected chi connectivity index (χ4v) is 3.65. The van der Waals surface area contributed by atoms with E-state index in [0.29, 0.717) is 17.8 Å². The van der Waals surface area contributed by atoms with E-state index in [0.717, 1.165) is 36.2 Å². The number of aliphatic hydroxyl groups is 1. The molecule has 1 saturated heterocycles. The third-order valence-corrected chi connectivity index (χ3v) is 5.35. The maximum absolute atomic E-state index is 12.7. The Bertz CT molecular complexity index is 866. The number of nitrogens with zero attached hydrogens (tertiary/aromatic N) is 1. The van der Waals surface area contributed by atoms with E-state index in [1.165, 1.54) is 0 Å². The second kappa shape index (κ2) is 8.99. The van der Waals surface area contributed by atoms with Crippen molar-refractivity contribution >= 4 is 17.5 Å². The monoisotopic (exact) mass is 381 g/mol. The molecule has 0 radical (unpaired) electrons. The van der Waals surface area contributed by atoms with Crippen LogP contribution in [0.5, 0.6) is 0 Å². The zero-order valence-electron chi connectivity index (χ0n) is 16.4. The van der Waals surface area contributed by atoms with Crippen molar-refractivity contribution in [3.05, 3.63) is 64.7 Å². The van der Waals surface area contributed by atoms with E-state index in [9.17, 15) is 14.7 Å². The van der Waals surface area contributed by atoms with Crippen LogP contribution in [0, 0.1) is 12.8 Å². The Kier molecular flexibility index (Phi) is 6.44. The lowest BCUT2D eigenvalue weighted by molar-refractivity contribution is -0.124. The van der Waals surface area contributed by atoms with Gasteiger partial charge in [0.2, 0.25) is 5.91 Å². The molecule has 0 bridgehead atoms. The topological polar surface area (TPSA) is 81.7 Å². The number of carbonyl (C=O) groups excluding carboxylic acids is 2. The first kappa shape index (κ1) is 20.0. The quantitative estimate of drug-likeness (QED) is 0.717. The van der Waals surface area contributed by atoms with Crippen LogP contribution in [0.1, 0.15) is 33.5 Å². The highest BCUT2D eigenvalue weighted by Crippen LogP contribution is 2.21. The van der Waals surface area contributed by atoms with Crippen molar-refractivity contribution in [2.24, 2.45) is 5.92 Å². The van der Waals surface area contributed by atoms with E-state index in [4.69, 9.17) is 0 Å². The molecule has 0 unspecified atom stereocenters. The molecule has 0 aromatic heterocycles. The zero-order valence-corrected chi connectivity index (χ0v) is 16.4. The maximum Gasteiger partial charge on any atom is 0.255 e. The molecule has 6 nitrogen and oxygen atoms in total. The van der Waals surface area contributed by atoms with Crippen molar-refractivity contribution in [3.63, 3.8) is 0 Å². The molecular weight excluding hydrogens is 354 g/mol. The molecule has 1 fully saturated rings. The first-order chi connectivity index (χ1) is 13.5. The fourth-order valence-electron chi connectivity index (χ4n) is 3.65. The van der Waals surface area contributed by atoms with Crippen molar-refractivity contribution < 1.29 is 14.7 Å². The van der Waals surface area contributed by atoms with Crippen molar-refractivity contribution in [2.75, 3.05) is 25.5 Å². The molecule has 0 spiro atoms. The van der Waals surface area contributed by atoms with Crippen molar-refractivity contribution in [1.29, 1.82) is 0 Å². The molecule has 6 heteroatoms. The summed E-state index contributed by atoms with van der Waals surface area (Å²) >= 11 is 0. The van der Waals surface area contributed by atoms with Gasteiger partial charge in [0.25, 0.3) is 5.91 Å². The Hall–Kier alpha value is -2.70. The number of hydrogen-bond acceptors (Lipinski definition) is 4. The van der Waals surface area contributed by atoms with E-state index in [1.807, 2.05) is 43.3 Å². The second-order valence-corrected chi connectivity index (χ2v) is 7.24. The maximum atomic E-state index is 12.7. The molecule has 3 rings (SSSR count). The van der Waals surface area contributed by atoms with Gasteiger partial charge in [0.15, 0.2) is 0 Å². The van der Waals surface area contributed by atoms with Gasteiger partial charge in [0.1, 0.15) is 0 Å². The minimum Gasteiger partial charge on any atom is -0.392 e. The lowest BCUT2D eigenvalue weighted by atomic mass is 10.1. The largest absolute Gasteiger partial charge is 0.392 e. The summed E-state index contributed by atoms with van der Waals surface area (Å²) in [4.78, 5) is 26.7. The minimum atomic E-state index is -0.176. The van der Waals surface area contributed by atoms with Crippen LogP contribution in [-0.2, 0) is 17.9 Å². The molecule has 148 valence electrons. The second-order valence-electron chi connectivity index (χ2n) is 7.24. The molecule has 28 heavy (non-hydrogen) atoms. The minimum absolute atomic E-state index is 0.0401. The summed E-state index contributed by atoms with van der Waals surface area (Å²) in [6, 6.07) is 13.1. The van der Waals surface area contributed by atoms with E-state index in [-0.39, 0.29) is 24.3 Å². The summed E-state index contributed by atoms with van der Waals surface area (Å²) in [6.45, 7) is 4.16. The Labute approximate surface area is 165 Å². The highest BCUT2D eigenvalue weighted by Gasteiger charge is 2.27. The average molecular weight is 381 g/mol. The van der Waals surface area contributed by atoms with E-state index >= 15 is 0 Å². The van der Waals surface area contributed by atoms with Crippen LogP contribution in [0.3, 0.4) is 0 Å². The molecule has 2 aromatic carbocycles. The standard InChI is InChI=1S/C22H27N3O3/c1-15-19(14-26)7-4-8-20(15)24-22(28)17-6-3-5-16(11-17)12-25-10-9-18(13-25)21(27)23-2/h3-8,11,18,26H,9-10,12-14H2,1-2H3,(H,23,27)(H,24,28)/t18-/m1/s1. The number of amides is 2. The lowest BCUT2D eigenvalue weighted by Crippen LogP contribution is -2.30. The van der Waals surface area contributed by atoms with Crippen LogP contribution in [0.4, 0.5) is 5.69 Å². The molecule has 2 aromatic rings. The molecular formula is C22H27N3O3. The average Bonchev–Trinajstić information content (AvgIpc) is 3.17. The Morgan fingerprint density at radius 2 is 2.00 bits per heavy atom. The third kappa shape index (κ3) is 4.58. The highest BCUT2D eigenvalue weighted by atomic mass is 16.3. The van der Waals surface area contributed by atoms with Crippen LogP contribution >= 0.6 is 0 Å². The number of nitrogens with one attached hydrogen (secondary N) is 2. The third-order valence-electron chi connectivity index (χ3n) is 5.35. The first-order valence-corrected chi connectivity index (χ1v) is 9.55. The smallest absolute Gasteiger partial charge is 0.255 e. The number of carbonyl (C=O) groups is 2. The molecule has 3 N–H and O–H groups in total. The number of aliphatic hydroxyl groups excluding tert-OH is 1. The molecule has 1 aliphatic heterocycles. The first-order valence-electron chi connectivity index (χ1n) is 9.55. The molecule has 1 heterocycles. The number of hydrogen-bond donors (Lipinski definition) is 3. The zero-order chi connectivity index (χ0) is 20.1. The van der Waals surface area contributed by atoms with Gasteiger partial charge in [0, 0.05) is 31.4 Å².